The maximum atomic E-state index is 5.92. The van der Waals surface area contributed by atoms with Gasteiger partial charge in [0.2, 0.25) is 0 Å². The predicted octanol–water partition coefficient (Wildman–Crippen LogP) is 3.66. The predicted molar refractivity (Wildman–Crippen MR) is 76.1 cm³/mol. The van der Waals surface area contributed by atoms with Gasteiger partial charge in [0.1, 0.15) is 0 Å². The maximum absolute atomic E-state index is 5.92. The van der Waals surface area contributed by atoms with Crippen molar-refractivity contribution < 1.29 is 0 Å². The summed E-state index contributed by atoms with van der Waals surface area (Å²) in [6.07, 6.45) is 0. The molecule has 3 heteroatoms. The summed E-state index contributed by atoms with van der Waals surface area (Å²) in [6.45, 7) is 4.05. The lowest BCUT2D eigenvalue weighted by Crippen LogP contribution is -2.19. The number of hydrogen-bond acceptors (Lipinski definition) is 2. The van der Waals surface area contributed by atoms with Crippen molar-refractivity contribution in [2.75, 3.05) is 7.05 Å². The summed E-state index contributed by atoms with van der Waals surface area (Å²) in [5.41, 5.74) is 4.49. The Morgan fingerprint density at radius 1 is 1.06 bits per heavy atom. The van der Waals surface area contributed by atoms with Gasteiger partial charge in [-0.25, -0.2) is 0 Å². The first-order valence-electron chi connectivity index (χ1n) is 5.98. The topological polar surface area (TPSA) is 24.9 Å². The van der Waals surface area contributed by atoms with Crippen molar-refractivity contribution in [1.82, 2.24) is 10.3 Å². The molecule has 2 rings (SSSR count). The number of nitrogens with zero attached hydrogens (tertiary/aromatic N) is 1. The molecule has 0 aliphatic carbocycles. The van der Waals surface area contributed by atoms with E-state index in [2.05, 4.69) is 16.4 Å². The molecule has 1 N–H and O–H groups in total. The van der Waals surface area contributed by atoms with Crippen LogP contribution in [0.25, 0.3) is 0 Å². The van der Waals surface area contributed by atoms with Crippen LogP contribution in [0.3, 0.4) is 0 Å². The fraction of sp³-hybridized carbons (Fsp3) is 0.267. The maximum Gasteiger partial charge on any atom is 0.0592 e. The van der Waals surface area contributed by atoms with Crippen molar-refractivity contribution in [2.45, 2.75) is 19.9 Å². The summed E-state index contributed by atoms with van der Waals surface area (Å²) < 4.78 is 0. The highest BCUT2D eigenvalue weighted by atomic mass is 35.5. The summed E-state index contributed by atoms with van der Waals surface area (Å²) in [5, 5.41) is 4.09. The van der Waals surface area contributed by atoms with Gasteiger partial charge in [-0.2, -0.15) is 0 Å². The van der Waals surface area contributed by atoms with E-state index >= 15 is 0 Å². The highest BCUT2D eigenvalue weighted by Crippen LogP contribution is 2.25. The van der Waals surface area contributed by atoms with Gasteiger partial charge in [0.15, 0.2) is 0 Å². The molecule has 1 unspecified atom stereocenters. The summed E-state index contributed by atoms with van der Waals surface area (Å²) in [4.78, 5) is 4.52. The number of benzene rings is 1. The molecular weight excluding hydrogens is 244 g/mol. The molecule has 2 nitrogen and oxygen atoms in total. The third kappa shape index (κ3) is 2.71. The zero-order valence-electron chi connectivity index (χ0n) is 10.9. The number of nitrogens with one attached hydrogen (secondary N) is 1. The Bertz CT molecular complexity index is 535. The van der Waals surface area contributed by atoms with E-state index in [1.54, 1.807) is 0 Å². The Balaban J connectivity index is 2.41. The van der Waals surface area contributed by atoms with Gasteiger partial charge in [0, 0.05) is 16.4 Å². The van der Waals surface area contributed by atoms with E-state index in [4.69, 9.17) is 11.6 Å². The van der Waals surface area contributed by atoms with Crippen LogP contribution < -0.4 is 5.32 Å². The van der Waals surface area contributed by atoms with Crippen molar-refractivity contribution in [2.24, 2.45) is 0 Å². The molecule has 1 aromatic heterocycles. The largest absolute Gasteiger partial charge is 0.309 e. The van der Waals surface area contributed by atoms with E-state index < -0.39 is 0 Å². The number of pyridine rings is 1. The molecule has 0 amide bonds. The number of hydrogen-bond donors (Lipinski definition) is 1. The standard InChI is InChI=1S/C15H17ClN2/c1-10-4-9-14(11(2)18-10)15(17-3)12-5-7-13(16)8-6-12/h4-9,15,17H,1-3H3. The van der Waals surface area contributed by atoms with Gasteiger partial charge in [0.05, 0.1) is 6.04 Å². The molecule has 94 valence electrons. The van der Waals surface area contributed by atoms with Crippen LogP contribution in [0.5, 0.6) is 0 Å². The molecule has 18 heavy (non-hydrogen) atoms. The van der Waals surface area contributed by atoms with Crippen molar-refractivity contribution >= 4 is 11.6 Å². The van der Waals surface area contributed by atoms with E-state index in [0.29, 0.717) is 0 Å². The lowest BCUT2D eigenvalue weighted by molar-refractivity contribution is 0.682. The average Bonchev–Trinajstić information content (AvgIpc) is 2.35. The second kappa shape index (κ2) is 5.51. The summed E-state index contributed by atoms with van der Waals surface area (Å²) in [5.74, 6) is 0. The van der Waals surface area contributed by atoms with Crippen LogP contribution >= 0.6 is 11.6 Å². The Hall–Kier alpha value is -1.38. The van der Waals surface area contributed by atoms with E-state index in [1.165, 1.54) is 11.1 Å². The molecule has 2 aromatic rings. The van der Waals surface area contributed by atoms with Crippen LogP contribution in [0.15, 0.2) is 36.4 Å². The molecule has 0 bridgehead atoms. The zero-order valence-corrected chi connectivity index (χ0v) is 11.6. The van der Waals surface area contributed by atoms with Crippen molar-refractivity contribution in [3.8, 4) is 0 Å². The molecule has 0 fully saturated rings. The van der Waals surface area contributed by atoms with Gasteiger partial charge in [-0.1, -0.05) is 29.8 Å². The lowest BCUT2D eigenvalue weighted by atomic mass is 9.97. The molecule has 0 aliphatic rings. The fourth-order valence-corrected chi connectivity index (χ4v) is 2.29. The van der Waals surface area contributed by atoms with Crippen LogP contribution in [0.1, 0.15) is 28.6 Å². The number of aromatic nitrogens is 1. The molecule has 0 aliphatic heterocycles. The highest BCUT2D eigenvalue weighted by molar-refractivity contribution is 6.30. The highest BCUT2D eigenvalue weighted by Gasteiger charge is 2.14. The third-order valence-corrected chi connectivity index (χ3v) is 3.32. The lowest BCUT2D eigenvalue weighted by Gasteiger charge is -2.19. The zero-order chi connectivity index (χ0) is 13.1. The van der Waals surface area contributed by atoms with Gasteiger partial charge in [-0.05, 0) is 50.2 Å². The molecular formula is C15H17ClN2. The SMILES string of the molecule is CNC(c1ccc(Cl)cc1)c1ccc(C)nc1C. The van der Waals surface area contributed by atoms with Crippen molar-refractivity contribution in [3.05, 3.63) is 63.9 Å². The molecule has 0 saturated carbocycles. The van der Waals surface area contributed by atoms with E-state index in [9.17, 15) is 0 Å². The first kappa shape index (κ1) is 13.1. The Labute approximate surface area is 113 Å². The minimum atomic E-state index is 0.148. The van der Waals surface area contributed by atoms with Crippen LogP contribution in [-0.4, -0.2) is 12.0 Å². The molecule has 1 heterocycles. The van der Waals surface area contributed by atoms with Gasteiger partial charge in [-0.3, -0.25) is 4.98 Å². The Kier molecular flexibility index (Phi) is 4.00. The molecule has 0 radical (unpaired) electrons. The first-order valence-corrected chi connectivity index (χ1v) is 6.36. The van der Waals surface area contributed by atoms with Gasteiger partial charge in [0.25, 0.3) is 0 Å². The number of halogens is 1. The van der Waals surface area contributed by atoms with Gasteiger partial charge in [-0.15, -0.1) is 0 Å². The van der Waals surface area contributed by atoms with Gasteiger partial charge >= 0.3 is 0 Å². The minimum absolute atomic E-state index is 0.148. The van der Waals surface area contributed by atoms with Crippen LogP contribution in [0.4, 0.5) is 0 Å². The monoisotopic (exact) mass is 260 g/mol. The second-order valence-electron chi connectivity index (χ2n) is 4.40. The van der Waals surface area contributed by atoms with Crippen LogP contribution in [0, 0.1) is 13.8 Å². The smallest absolute Gasteiger partial charge is 0.0592 e. The second-order valence-corrected chi connectivity index (χ2v) is 4.84. The Morgan fingerprint density at radius 2 is 1.72 bits per heavy atom. The average molecular weight is 261 g/mol. The number of aryl methyl sites for hydroxylation is 2. The minimum Gasteiger partial charge on any atom is -0.309 e. The third-order valence-electron chi connectivity index (χ3n) is 3.07. The first-order chi connectivity index (χ1) is 8.61. The molecule has 1 atom stereocenters. The molecule has 0 spiro atoms. The van der Waals surface area contributed by atoms with Crippen LogP contribution in [-0.2, 0) is 0 Å². The Morgan fingerprint density at radius 3 is 2.28 bits per heavy atom. The van der Waals surface area contributed by atoms with Crippen LogP contribution in [0.2, 0.25) is 5.02 Å². The summed E-state index contributed by atoms with van der Waals surface area (Å²) >= 11 is 5.92. The van der Waals surface area contributed by atoms with Crippen molar-refractivity contribution in [3.63, 3.8) is 0 Å². The number of rotatable bonds is 3. The van der Waals surface area contributed by atoms with E-state index in [1.807, 2.05) is 51.2 Å². The summed E-state index contributed by atoms with van der Waals surface area (Å²) in [7, 11) is 1.96. The normalized spacial score (nSPS) is 12.4. The molecule has 1 aromatic carbocycles. The van der Waals surface area contributed by atoms with E-state index in [0.717, 1.165) is 16.4 Å². The van der Waals surface area contributed by atoms with Crippen molar-refractivity contribution in [1.29, 1.82) is 0 Å². The van der Waals surface area contributed by atoms with E-state index in [-0.39, 0.29) is 6.04 Å². The summed E-state index contributed by atoms with van der Waals surface area (Å²) in [6, 6.07) is 12.2. The molecule has 0 saturated heterocycles. The quantitative estimate of drug-likeness (QED) is 0.911. The van der Waals surface area contributed by atoms with Gasteiger partial charge < -0.3 is 5.32 Å². The fourth-order valence-electron chi connectivity index (χ4n) is 2.16.